The molecule has 0 aromatic heterocycles. The number of rotatable bonds is 3. The van der Waals surface area contributed by atoms with E-state index in [9.17, 15) is 4.79 Å². The van der Waals surface area contributed by atoms with Crippen LogP contribution in [0.2, 0.25) is 0 Å². The first-order valence-corrected chi connectivity index (χ1v) is 5.53. The number of hydrogen-bond acceptors (Lipinski definition) is 2. The van der Waals surface area contributed by atoms with Gasteiger partial charge in [0.05, 0.1) is 0 Å². The van der Waals surface area contributed by atoms with Crippen molar-refractivity contribution in [1.82, 2.24) is 0 Å². The van der Waals surface area contributed by atoms with Crippen LogP contribution in [0.1, 0.15) is 44.9 Å². The molecule has 2 saturated carbocycles. The SMILES string of the molecule is NCC1(C(=O)C2CCC2)CCCC1. The summed E-state index contributed by atoms with van der Waals surface area (Å²) in [5, 5.41) is 0. The minimum atomic E-state index is -0.0922. The molecule has 74 valence electrons. The molecule has 2 fully saturated rings. The molecule has 0 aromatic carbocycles. The van der Waals surface area contributed by atoms with Crippen molar-refractivity contribution in [3.8, 4) is 0 Å². The van der Waals surface area contributed by atoms with Gasteiger partial charge in [0.2, 0.25) is 0 Å². The smallest absolute Gasteiger partial charge is 0.143 e. The molecule has 0 saturated heterocycles. The predicted molar refractivity (Wildman–Crippen MR) is 52.3 cm³/mol. The highest BCUT2D eigenvalue weighted by atomic mass is 16.1. The van der Waals surface area contributed by atoms with E-state index < -0.39 is 0 Å². The van der Waals surface area contributed by atoms with Gasteiger partial charge in [-0.1, -0.05) is 19.3 Å². The molecule has 2 rings (SSSR count). The van der Waals surface area contributed by atoms with E-state index in [1.165, 1.54) is 19.3 Å². The Hall–Kier alpha value is -0.370. The van der Waals surface area contributed by atoms with Gasteiger partial charge in [-0.05, 0) is 25.7 Å². The third-order valence-corrected chi connectivity index (χ3v) is 3.95. The molecule has 0 aromatic rings. The summed E-state index contributed by atoms with van der Waals surface area (Å²) in [4.78, 5) is 12.1. The van der Waals surface area contributed by atoms with Crippen molar-refractivity contribution < 1.29 is 4.79 Å². The molecule has 0 heterocycles. The van der Waals surface area contributed by atoms with E-state index in [0.29, 0.717) is 18.2 Å². The topological polar surface area (TPSA) is 43.1 Å². The number of ketones is 1. The minimum Gasteiger partial charge on any atom is -0.329 e. The Labute approximate surface area is 79.9 Å². The third kappa shape index (κ3) is 1.41. The van der Waals surface area contributed by atoms with Crippen LogP contribution in [0.5, 0.6) is 0 Å². The van der Waals surface area contributed by atoms with Crippen LogP contribution in [-0.4, -0.2) is 12.3 Å². The lowest BCUT2D eigenvalue weighted by Gasteiger charge is -2.34. The van der Waals surface area contributed by atoms with Crippen molar-refractivity contribution in [3.05, 3.63) is 0 Å². The molecule has 0 unspecified atom stereocenters. The standard InChI is InChI=1S/C11H19NO/c12-8-11(6-1-2-7-11)10(13)9-4-3-5-9/h9H,1-8,12H2. The van der Waals surface area contributed by atoms with Crippen molar-refractivity contribution in [2.45, 2.75) is 44.9 Å². The second-order valence-corrected chi connectivity index (χ2v) is 4.68. The number of nitrogens with two attached hydrogens (primary N) is 1. The minimum absolute atomic E-state index is 0.0922. The Morgan fingerprint density at radius 1 is 1.23 bits per heavy atom. The highest BCUT2D eigenvalue weighted by molar-refractivity contribution is 5.88. The van der Waals surface area contributed by atoms with E-state index in [-0.39, 0.29) is 5.41 Å². The highest BCUT2D eigenvalue weighted by Gasteiger charge is 2.44. The fourth-order valence-corrected chi connectivity index (χ4v) is 2.71. The van der Waals surface area contributed by atoms with E-state index in [2.05, 4.69) is 0 Å². The van der Waals surface area contributed by atoms with E-state index in [4.69, 9.17) is 5.73 Å². The molecular formula is C11H19NO. The summed E-state index contributed by atoms with van der Waals surface area (Å²) in [5.74, 6) is 0.875. The molecule has 2 aliphatic carbocycles. The summed E-state index contributed by atoms with van der Waals surface area (Å²) in [6, 6.07) is 0. The Kier molecular flexibility index (Phi) is 2.41. The first-order valence-electron chi connectivity index (χ1n) is 5.53. The lowest BCUT2D eigenvalue weighted by atomic mass is 9.69. The lowest BCUT2D eigenvalue weighted by Crippen LogP contribution is -2.42. The van der Waals surface area contributed by atoms with E-state index >= 15 is 0 Å². The number of Topliss-reactive ketones (excluding diaryl/α,β-unsaturated/α-hetero) is 1. The molecule has 0 radical (unpaired) electrons. The van der Waals surface area contributed by atoms with Crippen molar-refractivity contribution in [2.24, 2.45) is 17.1 Å². The third-order valence-electron chi connectivity index (χ3n) is 3.95. The Morgan fingerprint density at radius 3 is 2.23 bits per heavy atom. The fourth-order valence-electron chi connectivity index (χ4n) is 2.71. The van der Waals surface area contributed by atoms with Gasteiger partial charge >= 0.3 is 0 Å². The molecule has 2 N–H and O–H groups in total. The predicted octanol–water partition coefficient (Wildman–Crippen LogP) is 1.87. The lowest BCUT2D eigenvalue weighted by molar-refractivity contribution is -0.134. The summed E-state index contributed by atoms with van der Waals surface area (Å²) >= 11 is 0. The zero-order valence-electron chi connectivity index (χ0n) is 8.22. The number of hydrogen-bond donors (Lipinski definition) is 1. The summed E-state index contributed by atoms with van der Waals surface area (Å²) in [6.07, 6.45) is 8.02. The zero-order chi connectivity index (χ0) is 9.31. The van der Waals surface area contributed by atoms with E-state index in [1.807, 2.05) is 0 Å². The van der Waals surface area contributed by atoms with Gasteiger partial charge in [-0.15, -0.1) is 0 Å². The molecule has 0 spiro atoms. The van der Waals surface area contributed by atoms with Gasteiger partial charge < -0.3 is 5.73 Å². The number of carbonyl (C=O) groups is 1. The normalized spacial score (nSPS) is 27.2. The first kappa shape index (κ1) is 9.20. The maximum absolute atomic E-state index is 12.1. The largest absolute Gasteiger partial charge is 0.329 e. The van der Waals surface area contributed by atoms with Crippen LogP contribution in [0.15, 0.2) is 0 Å². The van der Waals surface area contributed by atoms with Crippen LogP contribution < -0.4 is 5.73 Å². The zero-order valence-corrected chi connectivity index (χ0v) is 8.22. The van der Waals surface area contributed by atoms with E-state index in [1.54, 1.807) is 0 Å². The average molecular weight is 181 g/mol. The summed E-state index contributed by atoms with van der Waals surface area (Å²) in [5.41, 5.74) is 5.67. The second kappa shape index (κ2) is 3.41. The van der Waals surface area contributed by atoms with Crippen LogP contribution in [-0.2, 0) is 4.79 Å². The first-order chi connectivity index (χ1) is 6.28. The number of carbonyl (C=O) groups excluding carboxylic acids is 1. The van der Waals surface area contributed by atoms with Gasteiger partial charge in [-0.2, -0.15) is 0 Å². The van der Waals surface area contributed by atoms with Crippen LogP contribution >= 0.6 is 0 Å². The maximum atomic E-state index is 12.1. The maximum Gasteiger partial charge on any atom is 0.143 e. The Bertz CT molecular complexity index is 202. The van der Waals surface area contributed by atoms with Crippen LogP contribution in [0.3, 0.4) is 0 Å². The summed E-state index contributed by atoms with van der Waals surface area (Å²) < 4.78 is 0. The average Bonchev–Trinajstić information content (AvgIpc) is 2.49. The van der Waals surface area contributed by atoms with Crippen molar-refractivity contribution in [1.29, 1.82) is 0 Å². The molecule has 0 atom stereocenters. The second-order valence-electron chi connectivity index (χ2n) is 4.68. The van der Waals surface area contributed by atoms with Gasteiger partial charge in [0, 0.05) is 17.9 Å². The Balaban J connectivity index is 2.05. The van der Waals surface area contributed by atoms with Gasteiger partial charge in [0.15, 0.2) is 0 Å². The van der Waals surface area contributed by atoms with Gasteiger partial charge in [-0.3, -0.25) is 4.79 Å². The molecule has 2 heteroatoms. The van der Waals surface area contributed by atoms with Gasteiger partial charge in [0.1, 0.15) is 5.78 Å². The quantitative estimate of drug-likeness (QED) is 0.722. The molecule has 0 aliphatic heterocycles. The van der Waals surface area contributed by atoms with Crippen molar-refractivity contribution in [3.63, 3.8) is 0 Å². The van der Waals surface area contributed by atoms with E-state index in [0.717, 1.165) is 25.7 Å². The molecule has 2 aliphatic rings. The van der Waals surface area contributed by atoms with Gasteiger partial charge in [0.25, 0.3) is 0 Å². The Morgan fingerprint density at radius 2 is 1.85 bits per heavy atom. The molecular weight excluding hydrogens is 162 g/mol. The monoisotopic (exact) mass is 181 g/mol. The molecule has 0 bridgehead atoms. The summed E-state index contributed by atoms with van der Waals surface area (Å²) in [7, 11) is 0. The van der Waals surface area contributed by atoms with Crippen LogP contribution in [0.25, 0.3) is 0 Å². The molecule has 2 nitrogen and oxygen atoms in total. The van der Waals surface area contributed by atoms with Crippen LogP contribution in [0.4, 0.5) is 0 Å². The molecule has 13 heavy (non-hydrogen) atoms. The molecule has 0 amide bonds. The van der Waals surface area contributed by atoms with Crippen LogP contribution in [0, 0.1) is 11.3 Å². The summed E-state index contributed by atoms with van der Waals surface area (Å²) in [6.45, 7) is 0.586. The van der Waals surface area contributed by atoms with Crippen molar-refractivity contribution >= 4 is 5.78 Å². The van der Waals surface area contributed by atoms with Crippen molar-refractivity contribution in [2.75, 3.05) is 6.54 Å². The fraction of sp³-hybridized carbons (Fsp3) is 0.909. The highest BCUT2D eigenvalue weighted by Crippen LogP contribution is 2.43. The van der Waals surface area contributed by atoms with Gasteiger partial charge in [-0.25, -0.2) is 0 Å².